The van der Waals surface area contributed by atoms with Gasteiger partial charge >= 0.3 is 0 Å². The Bertz CT molecular complexity index is 654. The molecular formula is C14H13FN4S. The Morgan fingerprint density at radius 2 is 2.15 bits per heavy atom. The fourth-order valence-corrected chi connectivity index (χ4v) is 2.12. The fraction of sp³-hybridized carbons (Fsp3) is 0.214. The van der Waals surface area contributed by atoms with Crippen molar-refractivity contribution in [2.45, 2.75) is 11.7 Å². The second kappa shape index (κ2) is 6.35. The van der Waals surface area contributed by atoms with Crippen LogP contribution in [0.15, 0.2) is 35.6 Å². The van der Waals surface area contributed by atoms with Crippen LogP contribution in [0, 0.1) is 17.1 Å². The first-order chi connectivity index (χ1) is 9.65. The van der Waals surface area contributed by atoms with E-state index in [-0.39, 0.29) is 5.82 Å². The average molecular weight is 288 g/mol. The number of nitrogens with zero attached hydrogens (tertiary/aromatic N) is 4. The van der Waals surface area contributed by atoms with Crippen LogP contribution in [0.1, 0.15) is 11.1 Å². The maximum Gasteiger partial charge on any atom is 0.189 e. The van der Waals surface area contributed by atoms with E-state index in [1.165, 1.54) is 24.0 Å². The summed E-state index contributed by atoms with van der Waals surface area (Å²) in [6.45, 7) is 0.339. The Morgan fingerprint density at radius 1 is 1.40 bits per heavy atom. The Kier molecular flexibility index (Phi) is 4.53. The maximum atomic E-state index is 13.7. The molecule has 0 fully saturated rings. The van der Waals surface area contributed by atoms with E-state index < -0.39 is 0 Å². The van der Waals surface area contributed by atoms with Crippen molar-refractivity contribution >= 4 is 17.6 Å². The SMILES string of the molecule is CSc1ncc(C#N)c(N(C)Cc2ccccc2F)n1. The normalized spacial score (nSPS) is 10.1. The van der Waals surface area contributed by atoms with E-state index in [2.05, 4.69) is 16.0 Å². The molecule has 0 aliphatic rings. The van der Waals surface area contributed by atoms with Crippen LogP contribution in [0.4, 0.5) is 10.2 Å². The molecule has 0 N–H and O–H groups in total. The van der Waals surface area contributed by atoms with Crippen LogP contribution in [0.2, 0.25) is 0 Å². The monoisotopic (exact) mass is 288 g/mol. The van der Waals surface area contributed by atoms with E-state index in [4.69, 9.17) is 5.26 Å². The smallest absolute Gasteiger partial charge is 0.189 e. The molecule has 0 atom stereocenters. The summed E-state index contributed by atoms with van der Waals surface area (Å²) in [6, 6.07) is 8.63. The molecule has 0 radical (unpaired) electrons. The molecule has 102 valence electrons. The summed E-state index contributed by atoms with van der Waals surface area (Å²) < 4.78 is 13.7. The zero-order valence-electron chi connectivity index (χ0n) is 11.2. The van der Waals surface area contributed by atoms with Gasteiger partial charge < -0.3 is 4.90 Å². The molecule has 0 saturated heterocycles. The van der Waals surface area contributed by atoms with Crippen LogP contribution >= 0.6 is 11.8 Å². The number of halogens is 1. The van der Waals surface area contributed by atoms with Crippen LogP contribution in [0.5, 0.6) is 0 Å². The van der Waals surface area contributed by atoms with Crippen molar-refractivity contribution in [1.82, 2.24) is 9.97 Å². The van der Waals surface area contributed by atoms with Crippen LogP contribution in [0.25, 0.3) is 0 Å². The van der Waals surface area contributed by atoms with E-state index in [0.29, 0.717) is 28.6 Å². The third-order valence-electron chi connectivity index (χ3n) is 2.78. The topological polar surface area (TPSA) is 52.8 Å². The lowest BCUT2D eigenvalue weighted by Crippen LogP contribution is -2.20. The number of rotatable bonds is 4. The molecule has 4 nitrogen and oxygen atoms in total. The summed E-state index contributed by atoms with van der Waals surface area (Å²) in [4.78, 5) is 10.1. The lowest BCUT2D eigenvalue weighted by molar-refractivity contribution is 0.607. The third kappa shape index (κ3) is 3.06. The van der Waals surface area contributed by atoms with Gasteiger partial charge in [-0.3, -0.25) is 0 Å². The zero-order chi connectivity index (χ0) is 14.5. The second-order valence-corrected chi connectivity index (χ2v) is 4.93. The molecule has 0 amide bonds. The van der Waals surface area contributed by atoms with Gasteiger partial charge in [0, 0.05) is 19.2 Å². The van der Waals surface area contributed by atoms with Gasteiger partial charge in [-0.25, -0.2) is 14.4 Å². The number of anilines is 1. The molecule has 0 saturated carbocycles. The highest BCUT2D eigenvalue weighted by molar-refractivity contribution is 7.98. The van der Waals surface area contributed by atoms with Crippen molar-refractivity contribution in [2.75, 3.05) is 18.2 Å². The van der Waals surface area contributed by atoms with E-state index in [1.54, 1.807) is 30.1 Å². The first-order valence-corrected chi connectivity index (χ1v) is 7.14. The first kappa shape index (κ1) is 14.3. The predicted molar refractivity (Wildman–Crippen MR) is 77.0 cm³/mol. The summed E-state index contributed by atoms with van der Waals surface area (Å²) in [5, 5.41) is 9.70. The fourth-order valence-electron chi connectivity index (χ4n) is 1.78. The standard InChI is InChI=1S/C14H13FN4S/c1-19(9-10-5-3-4-6-12(10)15)13-11(7-16)8-17-14(18-13)20-2/h3-6,8H,9H2,1-2H3. The van der Waals surface area contributed by atoms with Gasteiger partial charge in [0.25, 0.3) is 0 Å². The minimum Gasteiger partial charge on any atom is -0.354 e. The minimum atomic E-state index is -0.267. The highest BCUT2D eigenvalue weighted by Gasteiger charge is 2.13. The predicted octanol–water partition coefficient (Wildman–Crippen LogP) is 2.85. The molecule has 2 aromatic rings. The van der Waals surface area contributed by atoms with Crippen molar-refractivity contribution in [1.29, 1.82) is 5.26 Å². The van der Waals surface area contributed by atoms with E-state index in [0.717, 1.165) is 0 Å². The van der Waals surface area contributed by atoms with Gasteiger partial charge in [0.1, 0.15) is 17.4 Å². The molecule has 1 aromatic carbocycles. The van der Waals surface area contributed by atoms with Gasteiger partial charge in [-0.1, -0.05) is 30.0 Å². The lowest BCUT2D eigenvalue weighted by Gasteiger charge is -2.19. The van der Waals surface area contributed by atoms with Crippen molar-refractivity contribution in [3.63, 3.8) is 0 Å². The summed E-state index contributed by atoms with van der Waals surface area (Å²) in [7, 11) is 1.78. The number of hydrogen-bond donors (Lipinski definition) is 0. The molecule has 20 heavy (non-hydrogen) atoms. The Morgan fingerprint density at radius 3 is 2.80 bits per heavy atom. The van der Waals surface area contributed by atoms with E-state index in [9.17, 15) is 4.39 Å². The summed E-state index contributed by atoms with van der Waals surface area (Å²) in [5.41, 5.74) is 0.935. The van der Waals surface area contributed by atoms with Gasteiger partial charge in [0.05, 0.1) is 6.20 Å². The molecule has 2 rings (SSSR count). The van der Waals surface area contributed by atoms with Crippen molar-refractivity contribution in [3.8, 4) is 6.07 Å². The molecule has 0 aliphatic carbocycles. The quantitative estimate of drug-likeness (QED) is 0.639. The van der Waals surface area contributed by atoms with Gasteiger partial charge in [0.15, 0.2) is 11.0 Å². The molecule has 6 heteroatoms. The van der Waals surface area contributed by atoms with Gasteiger partial charge in [-0.05, 0) is 12.3 Å². The lowest BCUT2D eigenvalue weighted by atomic mass is 10.2. The molecule has 0 unspecified atom stereocenters. The number of hydrogen-bond acceptors (Lipinski definition) is 5. The largest absolute Gasteiger partial charge is 0.354 e. The third-order valence-corrected chi connectivity index (χ3v) is 3.34. The summed E-state index contributed by atoms with van der Waals surface area (Å²) >= 11 is 1.40. The van der Waals surface area contributed by atoms with E-state index in [1.807, 2.05) is 6.26 Å². The van der Waals surface area contributed by atoms with Crippen LogP contribution in [-0.4, -0.2) is 23.3 Å². The Balaban J connectivity index is 2.31. The average Bonchev–Trinajstić information content (AvgIpc) is 2.48. The van der Waals surface area contributed by atoms with Crippen LogP contribution in [0.3, 0.4) is 0 Å². The Labute approximate surface area is 121 Å². The molecule has 0 spiro atoms. The molecule has 0 bridgehead atoms. The van der Waals surface area contributed by atoms with Crippen molar-refractivity contribution < 1.29 is 4.39 Å². The number of aromatic nitrogens is 2. The highest BCUT2D eigenvalue weighted by Crippen LogP contribution is 2.21. The second-order valence-electron chi connectivity index (χ2n) is 4.15. The molecule has 1 heterocycles. The highest BCUT2D eigenvalue weighted by atomic mass is 32.2. The van der Waals surface area contributed by atoms with Gasteiger partial charge in [-0.2, -0.15) is 5.26 Å². The number of thioether (sulfide) groups is 1. The van der Waals surface area contributed by atoms with Crippen molar-refractivity contribution in [3.05, 3.63) is 47.4 Å². The van der Waals surface area contributed by atoms with Gasteiger partial charge in [0.2, 0.25) is 0 Å². The summed E-state index contributed by atoms with van der Waals surface area (Å²) in [5.74, 6) is 0.243. The molecular weight excluding hydrogens is 275 g/mol. The van der Waals surface area contributed by atoms with Gasteiger partial charge in [-0.15, -0.1) is 0 Å². The maximum absolute atomic E-state index is 13.7. The zero-order valence-corrected chi connectivity index (χ0v) is 12.0. The number of nitriles is 1. The minimum absolute atomic E-state index is 0.267. The first-order valence-electron chi connectivity index (χ1n) is 5.91. The van der Waals surface area contributed by atoms with Crippen molar-refractivity contribution in [2.24, 2.45) is 0 Å². The van der Waals surface area contributed by atoms with Crippen LogP contribution in [-0.2, 0) is 6.54 Å². The number of benzene rings is 1. The molecule has 0 aliphatic heterocycles. The van der Waals surface area contributed by atoms with E-state index >= 15 is 0 Å². The van der Waals surface area contributed by atoms with Crippen LogP contribution < -0.4 is 4.90 Å². The molecule has 1 aromatic heterocycles. The Hall–Kier alpha value is -2.13. The summed E-state index contributed by atoms with van der Waals surface area (Å²) in [6.07, 6.45) is 3.36.